The van der Waals surface area contributed by atoms with Crippen molar-refractivity contribution >= 4 is 10.8 Å². The van der Waals surface area contributed by atoms with Crippen molar-refractivity contribution in [1.29, 1.82) is 0 Å². The molecule has 1 atom stereocenters. The van der Waals surface area contributed by atoms with Crippen LogP contribution in [0.25, 0.3) is 0 Å². The van der Waals surface area contributed by atoms with Crippen molar-refractivity contribution in [2.24, 2.45) is 5.92 Å². The summed E-state index contributed by atoms with van der Waals surface area (Å²) in [5, 5.41) is 3.52. The lowest BCUT2D eigenvalue weighted by atomic mass is 9.81. The Morgan fingerprint density at radius 1 is 1.00 bits per heavy atom. The zero-order chi connectivity index (χ0) is 14.9. The molecule has 0 saturated carbocycles. The zero-order valence-electron chi connectivity index (χ0n) is 12.6. The van der Waals surface area contributed by atoms with Crippen LogP contribution in [0.1, 0.15) is 36.3 Å². The summed E-state index contributed by atoms with van der Waals surface area (Å²) in [7, 11) is -1.03. The zero-order valence-corrected chi connectivity index (χ0v) is 13.4. The molecule has 0 spiro atoms. The van der Waals surface area contributed by atoms with Gasteiger partial charge in [-0.2, -0.15) is 0 Å². The van der Waals surface area contributed by atoms with Crippen molar-refractivity contribution in [2.45, 2.75) is 35.0 Å². The summed E-state index contributed by atoms with van der Waals surface area (Å²) in [4.78, 5) is 2.02. The number of rotatable bonds is 2. The Balaban J connectivity index is 1.76. The second-order valence-electron chi connectivity index (χ2n) is 6.35. The van der Waals surface area contributed by atoms with E-state index in [4.69, 9.17) is 0 Å². The molecule has 4 rings (SSSR count). The van der Waals surface area contributed by atoms with E-state index in [0.717, 1.165) is 29.3 Å². The monoisotopic (exact) mass is 311 g/mol. The van der Waals surface area contributed by atoms with Gasteiger partial charge in [0.25, 0.3) is 0 Å². The molecule has 114 valence electrons. The number of fused-ring (bicyclic) bond motifs is 2. The molecule has 0 bridgehead atoms. The normalized spacial score (nSPS) is 27.0. The largest absolute Gasteiger partial charge is 0.316 e. The predicted molar refractivity (Wildman–Crippen MR) is 89.6 cm³/mol. The number of hydrogen-bond acceptors (Lipinski definition) is 2. The standard InChI is InChI=1S/C19H21NOS/c21-22-18-9-3-1-7-15(18)17(12-14-6-5-11-20-13-14)16-8-2-4-10-19(16)22/h1-4,7-10,14,17,20H,5-6,11-13H2. The molecule has 2 aliphatic heterocycles. The third-order valence-corrected chi connectivity index (χ3v) is 6.50. The van der Waals surface area contributed by atoms with E-state index in [1.165, 1.54) is 24.0 Å². The fraction of sp³-hybridized carbons (Fsp3) is 0.368. The van der Waals surface area contributed by atoms with Crippen LogP contribution in [0, 0.1) is 5.92 Å². The van der Waals surface area contributed by atoms with Gasteiger partial charge in [-0.25, -0.2) is 4.21 Å². The molecule has 1 unspecified atom stereocenters. The minimum Gasteiger partial charge on any atom is -0.316 e. The molecule has 0 radical (unpaired) electrons. The van der Waals surface area contributed by atoms with Gasteiger partial charge in [-0.1, -0.05) is 36.4 Å². The first-order chi connectivity index (χ1) is 10.8. The van der Waals surface area contributed by atoms with Crippen molar-refractivity contribution in [2.75, 3.05) is 13.1 Å². The number of piperidine rings is 1. The highest BCUT2D eigenvalue weighted by molar-refractivity contribution is 7.85. The summed E-state index contributed by atoms with van der Waals surface area (Å²) >= 11 is 0. The minimum atomic E-state index is -1.03. The molecule has 2 aromatic rings. The summed E-state index contributed by atoms with van der Waals surface area (Å²) in [6.45, 7) is 2.27. The van der Waals surface area contributed by atoms with E-state index in [1.54, 1.807) is 0 Å². The number of benzene rings is 2. The van der Waals surface area contributed by atoms with E-state index < -0.39 is 10.8 Å². The fourth-order valence-electron chi connectivity index (χ4n) is 3.87. The highest BCUT2D eigenvalue weighted by Crippen LogP contribution is 2.43. The molecule has 1 N–H and O–H groups in total. The van der Waals surface area contributed by atoms with Crippen LogP contribution in [0.5, 0.6) is 0 Å². The summed E-state index contributed by atoms with van der Waals surface area (Å²) in [5.74, 6) is 1.10. The van der Waals surface area contributed by atoms with Gasteiger partial charge in [-0.15, -0.1) is 0 Å². The molecule has 0 aliphatic carbocycles. The van der Waals surface area contributed by atoms with Crippen LogP contribution in [0.2, 0.25) is 0 Å². The summed E-state index contributed by atoms with van der Waals surface area (Å²) in [6, 6.07) is 16.6. The summed E-state index contributed by atoms with van der Waals surface area (Å²) < 4.78 is 12.8. The molecule has 3 heteroatoms. The van der Waals surface area contributed by atoms with Gasteiger partial charge in [0.15, 0.2) is 0 Å². The lowest BCUT2D eigenvalue weighted by Gasteiger charge is -2.32. The van der Waals surface area contributed by atoms with E-state index in [1.807, 2.05) is 24.3 Å². The molecular formula is C19H21NOS. The van der Waals surface area contributed by atoms with Crippen LogP contribution in [0.4, 0.5) is 0 Å². The van der Waals surface area contributed by atoms with E-state index in [0.29, 0.717) is 11.8 Å². The van der Waals surface area contributed by atoms with Gasteiger partial charge >= 0.3 is 0 Å². The van der Waals surface area contributed by atoms with Crippen LogP contribution in [-0.4, -0.2) is 17.3 Å². The molecule has 0 amide bonds. The van der Waals surface area contributed by atoms with Crippen molar-refractivity contribution < 1.29 is 4.21 Å². The van der Waals surface area contributed by atoms with Crippen LogP contribution >= 0.6 is 0 Å². The van der Waals surface area contributed by atoms with E-state index in [9.17, 15) is 4.21 Å². The van der Waals surface area contributed by atoms with Gasteiger partial charge in [0.05, 0.1) is 10.8 Å². The van der Waals surface area contributed by atoms with Crippen molar-refractivity contribution in [1.82, 2.24) is 5.32 Å². The third-order valence-electron chi connectivity index (χ3n) is 4.96. The third kappa shape index (κ3) is 2.42. The first kappa shape index (κ1) is 14.2. The SMILES string of the molecule is O=S1c2ccccc2C(CC2CCCNC2)c2ccccc21. The molecule has 2 nitrogen and oxygen atoms in total. The van der Waals surface area contributed by atoms with Gasteiger partial charge in [0, 0.05) is 15.7 Å². The topological polar surface area (TPSA) is 29.1 Å². The summed E-state index contributed by atoms with van der Waals surface area (Å²) in [6.07, 6.45) is 3.72. The van der Waals surface area contributed by atoms with Crippen LogP contribution in [0.3, 0.4) is 0 Å². The molecule has 2 aromatic carbocycles. The van der Waals surface area contributed by atoms with Gasteiger partial charge in [0.1, 0.15) is 0 Å². The van der Waals surface area contributed by atoms with Crippen molar-refractivity contribution in [3.8, 4) is 0 Å². The average molecular weight is 311 g/mol. The predicted octanol–water partition coefficient (Wildman–Crippen LogP) is 3.69. The van der Waals surface area contributed by atoms with E-state index in [-0.39, 0.29) is 0 Å². The van der Waals surface area contributed by atoms with E-state index in [2.05, 4.69) is 29.6 Å². The molecule has 0 aromatic heterocycles. The van der Waals surface area contributed by atoms with Gasteiger partial charge < -0.3 is 5.32 Å². The van der Waals surface area contributed by atoms with Crippen molar-refractivity contribution in [3.05, 3.63) is 59.7 Å². The Morgan fingerprint density at radius 2 is 1.64 bits per heavy atom. The lowest BCUT2D eigenvalue weighted by molar-refractivity contribution is 0.343. The maximum atomic E-state index is 12.8. The van der Waals surface area contributed by atoms with Gasteiger partial charge in [0.2, 0.25) is 0 Å². The van der Waals surface area contributed by atoms with Crippen LogP contribution < -0.4 is 5.32 Å². The summed E-state index contributed by atoms with van der Waals surface area (Å²) in [5.41, 5.74) is 2.54. The molecule has 1 saturated heterocycles. The molecule has 22 heavy (non-hydrogen) atoms. The maximum absolute atomic E-state index is 12.8. The van der Waals surface area contributed by atoms with Gasteiger partial charge in [-0.3, -0.25) is 0 Å². The number of hydrogen-bond donors (Lipinski definition) is 1. The first-order valence-electron chi connectivity index (χ1n) is 8.15. The second-order valence-corrected chi connectivity index (χ2v) is 7.76. The Kier molecular flexibility index (Phi) is 3.85. The maximum Gasteiger partial charge on any atom is 0.0855 e. The molecular weight excluding hydrogens is 290 g/mol. The highest BCUT2D eigenvalue weighted by atomic mass is 32.2. The second kappa shape index (κ2) is 5.98. The average Bonchev–Trinajstić information content (AvgIpc) is 2.59. The Morgan fingerprint density at radius 3 is 2.23 bits per heavy atom. The number of nitrogens with one attached hydrogen (secondary N) is 1. The van der Waals surface area contributed by atoms with Crippen LogP contribution in [-0.2, 0) is 10.8 Å². The van der Waals surface area contributed by atoms with Crippen LogP contribution in [0.15, 0.2) is 58.3 Å². The Hall–Kier alpha value is -1.45. The first-order valence-corrected chi connectivity index (χ1v) is 9.30. The Bertz CT molecular complexity index is 657. The quantitative estimate of drug-likeness (QED) is 0.916. The molecule has 2 aliphatic rings. The lowest BCUT2D eigenvalue weighted by Crippen LogP contribution is -2.31. The van der Waals surface area contributed by atoms with Crippen molar-refractivity contribution in [3.63, 3.8) is 0 Å². The minimum absolute atomic E-state index is 0.384. The van der Waals surface area contributed by atoms with E-state index >= 15 is 0 Å². The molecule has 1 fully saturated rings. The highest BCUT2D eigenvalue weighted by Gasteiger charge is 2.31. The Labute approximate surface area is 134 Å². The fourth-order valence-corrected chi connectivity index (χ4v) is 5.36. The van der Waals surface area contributed by atoms with Gasteiger partial charge in [-0.05, 0) is 61.5 Å². The molecule has 2 heterocycles. The smallest absolute Gasteiger partial charge is 0.0855 e.